The molecule has 2 N–H and O–H groups in total. The summed E-state index contributed by atoms with van der Waals surface area (Å²) in [6.07, 6.45) is 0.166. The summed E-state index contributed by atoms with van der Waals surface area (Å²) in [4.78, 5) is 10.9. The summed E-state index contributed by atoms with van der Waals surface area (Å²) in [5.74, 6) is -0.0452. The van der Waals surface area contributed by atoms with Crippen LogP contribution in [-0.2, 0) is 6.54 Å². The van der Waals surface area contributed by atoms with Crippen LogP contribution in [0.25, 0.3) is 0 Å². The Bertz CT molecular complexity index is 648. The van der Waals surface area contributed by atoms with Crippen molar-refractivity contribution in [3.05, 3.63) is 59.2 Å². The summed E-state index contributed by atoms with van der Waals surface area (Å²) in [6.45, 7) is 6.57. The quantitative estimate of drug-likeness (QED) is 0.843. The zero-order valence-corrected chi connectivity index (χ0v) is 13.1. The number of aryl methyl sites for hydroxylation is 1. The minimum atomic E-state index is -0.907. The molecule has 2 rings (SSSR count). The van der Waals surface area contributed by atoms with E-state index in [1.807, 2.05) is 45.0 Å². The van der Waals surface area contributed by atoms with Crippen molar-refractivity contribution in [1.29, 1.82) is 0 Å². The fraction of sp³-hybridized carbons (Fsp3) is 0.278. The van der Waals surface area contributed by atoms with Crippen LogP contribution in [-0.4, -0.2) is 17.2 Å². The molecular formula is C18H21NO3. The summed E-state index contributed by atoms with van der Waals surface area (Å²) < 4.78 is 5.61. The average molecular weight is 299 g/mol. The SMILES string of the molecule is Cc1cc(C(=O)O)ccc1NCc1ccc(OC(C)C)cc1. The van der Waals surface area contributed by atoms with Crippen LogP contribution in [0.2, 0.25) is 0 Å². The minimum Gasteiger partial charge on any atom is -0.491 e. The van der Waals surface area contributed by atoms with Crippen molar-refractivity contribution in [2.45, 2.75) is 33.4 Å². The number of hydrogen-bond acceptors (Lipinski definition) is 3. The van der Waals surface area contributed by atoms with Crippen molar-refractivity contribution in [3.8, 4) is 5.75 Å². The number of aromatic carboxylic acids is 1. The van der Waals surface area contributed by atoms with Gasteiger partial charge in [-0.05, 0) is 62.2 Å². The predicted octanol–water partition coefficient (Wildman–Crippen LogP) is 4.09. The van der Waals surface area contributed by atoms with Gasteiger partial charge in [-0.25, -0.2) is 4.79 Å². The number of anilines is 1. The highest BCUT2D eigenvalue weighted by Crippen LogP contribution is 2.19. The highest BCUT2D eigenvalue weighted by Gasteiger charge is 2.05. The van der Waals surface area contributed by atoms with Crippen molar-refractivity contribution < 1.29 is 14.6 Å². The smallest absolute Gasteiger partial charge is 0.335 e. The van der Waals surface area contributed by atoms with E-state index in [1.165, 1.54) is 0 Å². The van der Waals surface area contributed by atoms with Crippen molar-refractivity contribution in [1.82, 2.24) is 0 Å². The normalized spacial score (nSPS) is 10.5. The third-order valence-corrected chi connectivity index (χ3v) is 3.25. The Morgan fingerprint density at radius 1 is 1.18 bits per heavy atom. The molecule has 0 saturated carbocycles. The third kappa shape index (κ3) is 4.25. The molecule has 22 heavy (non-hydrogen) atoms. The molecular weight excluding hydrogens is 278 g/mol. The lowest BCUT2D eigenvalue weighted by Gasteiger charge is -2.12. The number of benzene rings is 2. The Morgan fingerprint density at radius 3 is 2.41 bits per heavy atom. The molecule has 0 aliphatic carbocycles. The van der Waals surface area contributed by atoms with Gasteiger partial charge < -0.3 is 15.2 Å². The van der Waals surface area contributed by atoms with Gasteiger partial charge in [0.15, 0.2) is 0 Å². The van der Waals surface area contributed by atoms with Crippen LogP contribution in [0.1, 0.15) is 35.3 Å². The van der Waals surface area contributed by atoms with Gasteiger partial charge in [0.1, 0.15) is 5.75 Å². The Hall–Kier alpha value is -2.49. The number of rotatable bonds is 6. The topological polar surface area (TPSA) is 58.6 Å². The monoisotopic (exact) mass is 299 g/mol. The minimum absolute atomic E-state index is 0.166. The highest BCUT2D eigenvalue weighted by molar-refractivity contribution is 5.88. The van der Waals surface area contributed by atoms with Crippen LogP contribution in [0.4, 0.5) is 5.69 Å². The Morgan fingerprint density at radius 2 is 1.86 bits per heavy atom. The predicted molar refractivity (Wildman–Crippen MR) is 87.7 cm³/mol. The molecule has 0 amide bonds. The average Bonchev–Trinajstić information content (AvgIpc) is 2.46. The van der Waals surface area contributed by atoms with E-state index >= 15 is 0 Å². The molecule has 0 radical (unpaired) electrons. The second kappa shape index (κ2) is 6.98. The summed E-state index contributed by atoms with van der Waals surface area (Å²) in [5.41, 5.74) is 3.29. The lowest BCUT2D eigenvalue weighted by atomic mass is 10.1. The first-order valence-corrected chi connectivity index (χ1v) is 7.29. The standard InChI is InChI=1S/C18H21NO3/c1-12(2)22-16-7-4-14(5-8-16)11-19-17-9-6-15(18(20)21)10-13(17)3/h4-10,12,19H,11H2,1-3H3,(H,20,21). The number of carboxylic acid groups (broad SMARTS) is 1. The first-order chi connectivity index (χ1) is 10.5. The summed E-state index contributed by atoms with van der Waals surface area (Å²) in [7, 11) is 0. The maximum atomic E-state index is 10.9. The van der Waals surface area contributed by atoms with E-state index in [0.29, 0.717) is 12.1 Å². The second-order valence-electron chi connectivity index (χ2n) is 5.50. The van der Waals surface area contributed by atoms with Crippen LogP contribution in [0.3, 0.4) is 0 Å². The van der Waals surface area contributed by atoms with Crippen molar-refractivity contribution >= 4 is 11.7 Å². The van der Waals surface area contributed by atoms with Gasteiger partial charge in [-0.15, -0.1) is 0 Å². The van der Waals surface area contributed by atoms with Gasteiger partial charge in [0.25, 0.3) is 0 Å². The molecule has 0 aliphatic heterocycles. The zero-order chi connectivity index (χ0) is 16.1. The maximum Gasteiger partial charge on any atom is 0.335 e. The van der Waals surface area contributed by atoms with Crippen LogP contribution in [0.5, 0.6) is 5.75 Å². The molecule has 0 heterocycles. The Kier molecular flexibility index (Phi) is 5.04. The zero-order valence-electron chi connectivity index (χ0n) is 13.1. The highest BCUT2D eigenvalue weighted by atomic mass is 16.5. The Labute approximate surface area is 130 Å². The molecule has 2 aromatic carbocycles. The lowest BCUT2D eigenvalue weighted by Crippen LogP contribution is -2.06. The van der Waals surface area contributed by atoms with E-state index in [9.17, 15) is 4.79 Å². The third-order valence-electron chi connectivity index (χ3n) is 3.25. The van der Waals surface area contributed by atoms with E-state index in [4.69, 9.17) is 9.84 Å². The molecule has 0 fully saturated rings. The molecule has 0 saturated heterocycles. The van der Waals surface area contributed by atoms with Gasteiger partial charge in [0.05, 0.1) is 11.7 Å². The number of carbonyl (C=O) groups is 1. The van der Waals surface area contributed by atoms with Crippen LogP contribution >= 0.6 is 0 Å². The van der Waals surface area contributed by atoms with Crippen LogP contribution in [0.15, 0.2) is 42.5 Å². The van der Waals surface area contributed by atoms with Gasteiger partial charge in [-0.3, -0.25) is 0 Å². The van der Waals surface area contributed by atoms with Crippen molar-refractivity contribution in [2.24, 2.45) is 0 Å². The molecule has 4 heteroatoms. The number of carboxylic acids is 1. The molecule has 0 aliphatic rings. The van der Waals surface area contributed by atoms with E-state index in [-0.39, 0.29) is 6.10 Å². The van der Waals surface area contributed by atoms with E-state index in [2.05, 4.69) is 5.32 Å². The van der Waals surface area contributed by atoms with Crippen LogP contribution in [0, 0.1) is 6.92 Å². The molecule has 0 atom stereocenters. The van der Waals surface area contributed by atoms with Gasteiger partial charge >= 0.3 is 5.97 Å². The van der Waals surface area contributed by atoms with Gasteiger partial charge in [-0.1, -0.05) is 12.1 Å². The van der Waals surface area contributed by atoms with Gasteiger partial charge in [0.2, 0.25) is 0 Å². The summed E-state index contributed by atoms with van der Waals surface area (Å²) in [6, 6.07) is 13.0. The lowest BCUT2D eigenvalue weighted by molar-refractivity contribution is 0.0697. The van der Waals surface area contributed by atoms with E-state index in [0.717, 1.165) is 22.6 Å². The van der Waals surface area contributed by atoms with E-state index in [1.54, 1.807) is 18.2 Å². The van der Waals surface area contributed by atoms with Crippen molar-refractivity contribution in [2.75, 3.05) is 5.32 Å². The maximum absolute atomic E-state index is 10.9. The Balaban J connectivity index is 1.99. The fourth-order valence-corrected chi connectivity index (χ4v) is 2.15. The fourth-order valence-electron chi connectivity index (χ4n) is 2.15. The summed E-state index contributed by atoms with van der Waals surface area (Å²) in [5, 5.41) is 12.3. The number of nitrogens with one attached hydrogen (secondary N) is 1. The molecule has 0 aromatic heterocycles. The molecule has 116 valence electrons. The molecule has 0 spiro atoms. The first-order valence-electron chi connectivity index (χ1n) is 7.29. The van der Waals surface area contributed by atoms with Gasteiger partial charge in [-0.2, -0.15) is 0 Å². The van der Waals surface area contributed by atoms with Gasteiger partial charge in [0, 0.05) is 12.2 Å². The van der Waals surface area contributed by atoms with Crippen LogP contribution < -0.4 is 10.1 Å². The number of hydrogen-bond donors (Lipinski definition) is 2. The summed E-state index contributed by atoms with van der Waals surface area (Å²) >= 11 is 0. The number of ether oxygens (including phenoxy) is 1. The molecule has 4 nitrogen and oxygen atoms in total. The van der Waals surface area contributed by atoms with Crippen molar-refractivity contribution in [3.63, 3.8) is 0 Å². The molecule has 2 aromatic rings. The molecule has 0 unspecified atom stereocenters. The second-order valence-corrected chi connectivity index (χ2v) is 5.50. The van der Waals surface area contributed by atoms with E-state index < -0.39 is 5.97 Å². The largest absolute Gasteiger partial charge is 0.491 e. The first kappa shape index (κ1) is 15.9. The molecule has 0 bridgehead atoms.